The number of nitrogens with zero attached hydrogens (tertiary/aromatic N) is 1. The number of pyridine rings is 1. The molecule has 2 rings (SSSR count). The molecule has 2 aromatic rings. The van der Waals surface area contributed by atoms with Crippen LogP contribution in [0, 0.1) is 0 Å². The van der Waals surface area contributed by atoms with Crippen molar-refractivity contribution in [2.24, 2.45) is 0 Å². The third-order valence-corrected chi connectivity index (χ3v) is 1.99. The molecule has 0 N–H and O–H groups in total. The van der Waals surface area contributed by atoms with Crippen LogP contribution in [-0.4, -0.2) is 12.1 Å². The number of hydrogen-bond acceptors (Lipinski definition) is 2. The Morgan fingerprint density at radius 1 is 1.14 bits per heavy atom. The minimum absolute atomic E-state index is 0.262. The van der Waals surface area contributed by atoms with E-state index in [0.29, 0.717) is 0 Å². The first-order valence-electron chi connectivity index (χ1n) is 4.88. The molecule has 1 aromatic carbocycles. The van der Waals surface area contributed by atoms with Gasteiger partial charge in [-0.3, -0.25) is 4.98 Å². The minimum atomic E-state index is 0.262. The standard InChI is InChI=1S/C12H11NO/c1-14-12-8-3-2-6-10(12)11-7-4-5-9-13-11/h2-9H,1H3/i9D. The third kappa shape index (κ3) is 1.59. The Kier molecular flexibility index (Phi) is 2.12. The van der Waals surface area contributed by atoms with Gasteiger partial charge < -0.3 is 4.74 Å². The van der Waals surface area contributed by atoms with Gasteiger partial charge >= 0.3 is 0 Å². The van der Waals surface area contributed by atoms with Crippen molar-refractivity contribution >= 4 is 0 Å². The first-order valence-corrected chi connectivity index (χ1v) is 4.38. The van der Waals surface area contributed by atoms with Gasteiger partial charge in [0.05, 0.1) is 14.2 Å². The smallest absolute Gasteiger partial charge is 0.128 e. The second-order valence-corrected chi connectivity index (χ2v) is 2.85. The summed E-state index contributed by atoms with van der Waals surface area (Å²) in [7, 11) is 1.63. The van der Waals surface area contributed by atoms with E-state index in [4.69, 9.17) is 6.11 Å². The molecule has 0 atom stereocenters. The number of rotatable bonds is 2. The summed E-state index contributed by atoms with van der Waals surface area (Å²) in [5.41, 5.74) is 1.68. The summed E-state index contributed by atoms with van der Waals surface area (Å²) in [5, 5.41) is 0. The molecule has 0 fully saturated rings. The highest BCUT2D eigenvalue weighted by Crippen LogP contribution is 2.27. The van der Waals surface area contributed by atoms with E-state index in [9.17, 15) is 0 Å². The average Bonchev–Trinajstić information content (AvgIpc) is 2.29. The first-order chi connectivity index (χ1) is 7.31. The monoisotopic (exact) mass is 186 g/mol. The number of methoxy groups -OCH3 is 1. The molecule has 0 radical (unpaired) electrons. The summed E-state index contributed by atoms with van der Waals surface area (Å²) < 4.78 is 12.7. The molecule has 0 bridgehead atoms. The highest BCUT2D eigenvalue weighted by atomic mass is 16.5. The van der Waals surface area contributed by atoms with E-state index in [1.807, 2.05) is 36.4 Å². The molecule has 0 aliphatic heterocycles. The zero-order valence-electron chi connectivity index (χ0n) is 8.90. The first kappa shape index (κ1) is 7.56. The lowest BCUT2D eigenvalue weighted by molar-refractivity contribution is 0.416. The van der Waals surface area contributed by atoms with Crippen molar-refractivity contribution in [1.29, 1.82) is 0 Å². The molecule has 0 spiro atoms. The maximum Gasteiger partial charge on any atom is 0.128 e. The van der Waals surface area contributed by atoms with Crippen LogP contribution in [0.3, 0.4) is 0 Å². The van der Waals surface area contributed by atoms with Crippen molar-refractivity contribution in [1.82, 2.24) is 4.98 Å². The van der Waals surface area contributed by atoms with Crippen LogP contribution in [0.5, 0.6) is 5.75 Å². The van der Waals surface area contributed by atoms with Crippen LogP contribution in [0.15, 0.2) is 48.6 Å². The van der Waals surface area contributed by atoms with Crippen LogP contribution in [0.1, 0.15) is 1.37 Å². The summed E-state index contributed by atoms with van der Waals surface area (Å²) in [5.74, 6) is 0.774. The second-order valence-electron chi connectivity index (χ2n) is 2.85. The van der Waals surface area contributed by atoms with Crippen molar-refractivity contribution in [2.75, 3.05) is 7.11 Å². The minimum Gasteiger partial charge on any atom is -0.496 e. The lowest BCUT2D eigenvalue weighted by atomic mass is 10.1. The normalized spacial score (nSPS) is 10.8. The fourth-order valence-corrected chi connectivity index (χ4v) is 1.33. The fourth-order valence-electron chi connectivity index (χ4n) is 1.33. The van der Waals surface area contributed by atoms with Crippen LogP contribution in [0.4, 0.5) is 0 Å². The van der Waals surface area contributed by atoms with E-state index in [1.54, 1.807) is 13.2 Å². The van der Waals surface area contributed by atoms with Gasteiger partial charge in [0.15, 0.2) is 0 Å². The lowest BCUT2D eigenvalue weighted by Crippen LogP contribution is -1.88. The Morgan fingerprint density at radius 3 is 2.71 bits per heavy atom. The number of benzene rings is 1. The van der Waals surface area contributed by atoms with Gasteiger partial charge in [-0.05, 0) is 24.3 Å². The summed E-state index contributed by atoms with van der Waals surface area (Å²) >= 11 is 0. The largest absolute Gasteiger partial charge is 0.496 e. The quantitative estimate of drug-likeness (QED) is 0.719. The van der Waals surface area contributed by atoms with Crippen molar-refractivity contribution in [3.63, 3.8) is 0 Å². The number of ether oxygens (including phenoxy) is 1. The molecular formula is C12H11NO. The molecular weight excluding hydrogens is 174 g/mol. The molecule has 70 valence electrons. The molecule has 0 aliphatic rings. The molecule has 0 aliphatic carbocycles. The van der Waals surface area contributed by atoms with E-state index in [-0.39, 0.29) is 6.17 Å². The zero-order chi connectivity index (χ0) is 10.7. The Balaban J connectivity index is 2.53. The van der Waals surface area contributed by atoms with E-state index in [0.717, 1.165) is 17.0 Å². The van der Waals surface area contributed by atoms with E-state index in [2.05, 4.69) is 4.98 Å². The highest BCUT2D eigenvalue weighted by Gasteiger charge is 2.03. The summed E-state index contributed by atoms with van der Waals surface area (Å²) in [6.07, 6.45) is 0.262. The molecule has 0 saturated heterocycles. The zero-order valence-corrected chi connectivity index (χ0v) is 7.90. The maximum absolute atomic E-state index is 7.46. The number of hydrogen-bond donors (Lipinski definition) is 0. The SMILES string of the molecule is [2H]c1cccc(-c2ccccc2OC)n1. The Morgan fingerprint density at radius 2 is 1.93 bits per heavy atom. The Hall–Kier alpha value is -1.83. The van der Waals surface area contributed by atoms with E-state index in [1.165, 1.54) is 0 Å². The fraction of sp³-hybridized carbons (Fsp3) is 0.0833. The summed E-state index contributed by atoms with van der Waals surface area (Å²) in [4.78, 5) is 4.14. The van der Waals surface area contributed by atoms with Crippen LogP contribution in [0.2, 0.25) is 0 Å². The van der Waals surface area contributed by atoms with Gasteiger partial charge in [0.25, 0.3) is 0 Å². The lowest BCUT2D eigenvalue weighted by Gasteiger charge is -2.06. The van der Waals surface area contributed by atoms with E-state index >= 15 is 0 Å². The Labute approximate surface area is 84.6 Å². The summed E-state index contributed by atoms with van der Waals surface area (Å²) in [6.45, 7) is 0. The molecule has 2 nitrogen and oxygen atoms in total. The van der Waals surface area contributed by atoms with E-state index < -0.39 is 0 Å². The van der Waals surface area contributed by atoms with Gasteiger partial charge in [0.1, 0.15) is 5.75 Å². The average molecular weight is 186 g/mol. The highest BCUT2D eigenvalue weighted by molar-refractivity contribution is 5.66. The molecule has 2 heteroatoms. The molecule has 0 amide bonds. The molecule has 0 saturated carbocycles. The molecule has 1 heterocycles. The van der Waals surface area contributed by atoms with Gasteiger partial charge in [-0.15, -0.1) is 0 Å². The predicted octanol–water partition coefficient (Wildman–Crippen LogP) is 2.76. The van der Waals surface area contributed by atoms with Gasteiger partial charge in [-0.25, -0.2) is 0 Å². The van der Waals surface area contributed by atoms with Gasteiger partial charge in [-0.2, -0.15) is 0 Å². The van der Waals surface area contributed by atoms with Crippen molar-refractivity contribution in [3.05, 3.63) is 48.6 Å². The van der Waals surface area contributed by atoms with Crippen molar-refractivity contribution in [2.45, 2.75) is 0 Å². The summed E-state index contributed by atoms with van der Waals surface area (Å²) in [6, 6.07) is 13.0. The topological polar surface area (TPSA) is 22.1 Å². The van der Waals surface area contributed by atoms with Gasteiger partial charge in [0, 0.05) is 11.7 Å². The van der Waals surface area contributed by atoms with Crippen LogP contribution in [0.25, 0.3) is 11.3 Å². The molecule has 1 aromatic heterocycles. The van der Waals surface area contributed by atoms with Crippen molar-refractivity contribution < 1.29 is 6.11 Å². The van der Waals surface area contributed by atoms with Crippen LogP contribution in [-0.2, 0) is 0 Å². The van der Waals surface area contributed by atoms with Gasteiger partial charge in [-0.1, -0.05) is 18.2 Å². The van der Waals surface area contributed by atoms with Crippen LogP contribution < -0.4 is 4.74 Å². The molecule has 0 unspecified atom stereocenters. The predicted molar refractivity (Wildman–Crippen MR) is 56.2 cm³/mol. The number of aromatic nitrogens is 1. The third-order valence-electron chi connectivity index (χ3n) is 1.99. The Bertz CT molecular complexity index is 471. The van der Waals surface area contributed by atoms with Crippen molar-refractivity contribution in [3.8, 4) is 17.0 Å². The molecule has 14 heavy (non-hydrogen) atoms. The number of para-hydroxylation sites is 1. The maximum atomic E-state index is 7.46. The van der Waals surface area contributed by atoms with Crippen LogP contribution >= 0.6 is 0 Å². The van der Waals surface area contributed by atoms with Gasteiger partial charge in [0.2, 0.25) is 0 Å². The second kappa shape index (κ2) is 3.92.